The lowest BCUT2D eigenvalue weighted by Gasteiger charge is -2.15. The zero-order valence-electron chi connectivity index (χ0n) is 23.3. The number of rotatable bonds is 7. The van der Waals surface area contributed by atoms with E-state index >= 15 is 0 Å². The molecular formula is C39H27N3O. The third kappa shape index (κ3) is 5.18. The van der Waals surface area contributed by atoms with Gasteiger partial charge in [0.25, 0.3) is 0 Å². The maximum absolute atomic E-state index is 8.62. The van der Waals surface area contributed by atoms with Crippen LogP contribution in [0, 0.1) is 10.8 Å². The Labute approximate surface area is 249 Å². The summed E-state index contributed by atoms with van der Waals surface area (Å²) in [6.45, 7) is 0. The topological polar surface area (TPSA) is 73.7 Å². The summed E-state index contributed by atoms with van der Waals surface area (Å²) in [5.74, 6) is 0. The van der Waals surface area contributed by atoms with Crippen molar-refractivity contribution in [2.45, 2.75) is 0 Å². The van der Waals surface area contributed by atoms with Gasteiger partial charge in [0.2, 0.25) is 0 Å². The van der Waals surface area contributed by atoms with Crippen LogP contribution in [-0.4, -0.2) is 16.4 Å². The second kappa shape index (κ2) is 11.2. The van der Waals surface area contributed by atoms with Crippen LogP contribution in [0.4, 0.5) is 0 Å². The molecule has 204 valence electrons. The van der Waals surface area contributed by atoms with Crippen molar-refractivity contribution in [1.29, 1.82) is 10.8 Å². The first-order valence-corrected chi connectivity index (χ1v) is 14.1. The maximum Gasteiger partial charge on any atom is 0.181 e. The van der Waals surface area contributed by atoms with E-state index < -0.39 is 0 Å². The van der Waals surface area contributed by atoms with Crippen molar-refractivity contribution in [3.63, 3.8) is 0 Å². The van der Waals surface area contributed by atoms with E-state index in [0.717, 1.165) is 55.6 Å². The van der Waals surface area contributed by atoms with Gasteiger partial charge < -0.3 is 15.2 Å². The number of nitrogens with one attached hydrogen (secondary N) is 2. The fraction of sp³-hybridized carbons (Fsp3) is 0. The van der Waals surface area contributed by atoms with Crippen LogP contribution in [0.15, 0.2) is 156 Å². The normalized spacial score (nSPS) is 11.3. The lowest BCUT2D eigenvalue weighted by Crippen LogP contribution is -1.98. The average Bonchev–Trinajstić information content (AvgIpc) is 3.55. The van der Waals surface area contributed by atoms with Crippen molar-refractivity contribution in [2.75, 3.05) is 0 Å². The quantitative estimate of drug-likeness (QED) is 0.193. The summed E-state index contributed by atoms with van der Waals surface area (Å²) in [4.78, 5) is 4.33. The molecule has 0 atom stereocenters. The van der Waals surface area contributed by atoms with Crippen LogP contribution >= 0.6 is 0 Å². The maximum atomic E-state index is 8.62. The first-order chi connectivity index (χ1) is 21.1. The Morgan fingerprint density at radius 2 is 1.23 bits per heavy atom. The minimum absolute atomic E-state index is 0.363. The molecule has 0 fully saturated rings. The Morgan fingerprint density at radius 1 is 0.558 bits per heavy atom. The van der Waals surface area contributed by atoms with Crippen LogP contribution < -0.4 is 0 Å². The van der Waals surface area contributed by atoms with Gasteiger partial charge in [0.1, 0.15) is 5.52 Å². The molecule has 0 saturated heterocycles. The Kier molecular flexibility index (Phi) is 6.78. The minimum Gasteiger partial charge on any atom is -0.443 e. The number of oxazole rings is 1. The molecule has 43 heavy (non-hydrogen) atoms. The Bertz CT molecular complexity index is 2160. The van der Waals surface area contributed by atoms with Crippen molar-refractivity contribution >= 4 is 33.3 Å². The van der Waals surface area contributed by atoms with E-state index in [-0.39, 0.29) is 0 Å². The van der Waals surface area contributed by atoms with Crippen molar-refractivity contribution in [3.05, 3.63) is 163 Å². The molecule has 4 nitrogen and oxygen atoms in total. The van der Waals surface area contributed by atoms with E-state index in [2.05, 4.69) is 89.9 Å². The van der Waals surface area contributed by atoms with Crippen LogP contribution in [0.3, 0.4) is 0 Å². The number of nitrogens with zero attached hydrogens (tertiary/aromatic N) is 1. The van der Waals surface area contributed by atoms with Crippen molar-refractivity contribution in [3.8, 4) is 33.4 Å². The SMILES string of the molecule is N=C(/C=C\C(=N)c1ccc(-c2c(-c3cccc(-c4ccc5ocnc5c4)c3)ccc3ccccc23)cc1)c1ccccc1. The number of hydrogen-bond acceptors (Lipinski definition) is 4. The Morgan fingerprint density at radius 3 is 2.05 bits per heavy atom. The molecular weight excluding hydrogens is 526 g/mol. The molecule has 0 unspecified atom stereocenters. The standard InChI is InChI=1S/C39H27N3O/c40-35(27-8-2-1-3-9-27)20-21-36(41)28-13-15-29(16-14-28)39-33-12-5-4-7-26(33)17-19-34(39)32-11-6-10-30(23-32)31-18-22-38-37(24-31)42-25-43-38/h1-25,40-41H/b21-20-,40-35?,41-36?. The summed E-state index contributed by atoms with van der Waals surface area (Å²) < 4.78 is 5.44. The Balaban J connectivity index is 1.25. The molecule has 0 saturated carbocycles. The van der Waals surface area contributed by atoms with Gasteiger partial charge in [-0.3, -0.25) is 0 Å². The first kappa shape index (κ1) is 26.1. The number of allylic oxidation sites excluding steroid dienone is 2. The molecule has 7 rings (SSSR count). The highest BCUT2D eigenvalue weighted by Gasteiger charge is 2.14. The zero-order valence-corrected chi connectivity index (χ0v) is 23.3. The molecule has 1 heterocycles. The fourth-order valence-electron chi connectivity index (χ4n) is 5.52. The van der Waals surface area contributed by atoms with Crippen LogP contribution in [0.1, 0.15) is 11.1 Å². The van der Waals surface area contributed by atoms with Crippen LogP contribution in [0.25, 0.3) is 55.3 Å². The highest BCUT2D eigenvalue weighted by atomic mass is 16.3. The van der Waals surface area contributed by atoms with Crippen LogP contribution in [0.5, 0.6) is 0 Å². The van der Waals surface area contributed by atoms with E-state index in [1.54, 1.807) is 12.2 Å². The number of aromatic nitrogens is 1. The van der Waals surface area contributed by atoms with E-state index in [9.17, 15) is 0 Å². The molecule has 0 bridgehead atoms. The summed E-state index contributed by atoms with van der Waals surface area (Å²) in [6, 6.07) is 45.2. The largest absolute Gasteiger partial charge is 0.443 e. The van der Waals surface area contributed by atoms with Gasteiger partial charge in [-0.05, 0) is 85.6 Å². The van der Waals surface area contributed by atoms with Gasteiger partial charge in [0.05, 0.1) is 11.4 Å². The third-order valence-electron chi connectivity index (χ3n) is 7.75. The fourth-order valence-corrected chi connectivity index (χ4v) is 5.52. The zero-order chi connectivity index (χ0) is 29.2. The molecule has 7 aromatic rings. The number of benzene rings is 6. The second-order valence-electron chi connectivity index (χ2n) is 10.4. The molecule has 4 heteroatoms. The predicted molar refractivity (Wildman–Crippen MR) is 177 cm³/mol. The van der Waals surface area contributed by atoms with E-state index in [1.165, 1.54) is 17.2 Å². The molecule has 0 radical (unpaired) electrons. The lowest BCUT2D eigenvalue weighted by molar-refractivity contribution is 0.602. The molecule has 2 N–H and O–H groups in total. The lowest BCUT2D eigenvalue weighted by atomic mass is 9.88. The molecule has 0 aliphatic heterocycles. The molecule has 0 spiro atoms. The summed E-state index contributed by atoms with van der Waals surface area (Å²) in [5.41, 5.74) is 10.7. The summed E-state index contributed by atoms with van der Waals surface area (Å²) in [5, 5.41) is 19.3. The van der Waals surface area contributed by atoms with Crippen LogP contribution in [0.2, 0.25) is 0 Å². The van der Waals surface area contributed by atoms with Crippen molar-refractivity contribution in [1.82, 2.24) is 4.98 Å². The number of hydrogen-bond donors (Lipinski definition) is 2. The predicted octanol–water partition coefficient (Wildman–Crippen LogP) is 9.97. The van der Waals surface area contributed by atoms with Crippen molar-refractivity contribution < 1.29 is 4.42 Å². The minimum atomic E-state index is 0.363. The van der Waals surface area contributed by atoms with E-state index in [4.69, 9.17) is 15.2 Å². The van der Waals surface area contributed by atoms with Gasteiger partial charge in [-0.25, -0.2) is 4.98 Å². The summed E-state index contributed by atoms with van der Waals surface area (Å²) in [6.07, 6.45) is 4.85. The van der Waals surface area contributed by atoms with Gasteiger partial charge >= 0.3 is 0 Å². The highest BCUT2D eigenvalue weighted by molar-refractivity contribution is 6.14. The first-order valence-electron chi connectivity index (χ1n) is 14.1. The molecule has 0 aliphatic rings. The smallest absolute Gasteiger partial charge is 0.181 e. The molecule has 6 aromatic carbocycles. The average molecular weight is 554 g/mol. The van der Waals surface area contributed by atoms with Gasteiger partial charge in [-0.15, -0.1) is 0 Å². The van der Waals surface area contributed by atoms with Crippen LogP contribution in [-0.2, 0) is 0 Å². The molecule has 0 amide bonds. The van der Waals surface area contributed by atoms with Crippen molar-refractivity contribution in [2.24, 2.45) is 0 Å². The molecule has 1 aromatic heterocycles. The second-order valence-corrected chi connectivity index (χ2v) is 10.4. The Hall–Kier alpha value is -5.87. The van der Waals surface area contributed by atoms with Gasteiger partial charge in [0.15, 0.2) is 12.0 Å². The monoisotopic (exact) mass is 553 g/mol. The van der Waals surface area contributed by atoms with Gasteiger partial charge in [-0.2, -0.15) is 0 Å². The van der Waals surface area contributed by atoms with Gasteiger partial charge in [0, 0.05) is 0 Å². The highest BCUT2D eigenvalue weighted by Crippen LogP contribution is 2.39. The summed E-state index contributed by atoms with van der Waals surface area (Å²) in [7, 11) is 0. The molecule has 0 aliphatic carbocycles. The summed E-state index contributed by atoms with van der Waals surface area (Å²) >= 11 is 0. The van der Waals surface area contributed by atoms with Gasteiger partial charge in [-0.1, -0.05) is 115 Å². The van der Waals surface area contributed by atoms with E-state index in [1.807, 2.05) is 48.5 Å². The van der Waals surface area contributed by atoms with E-state index in [0.29, 0.717) is 11.4 Å². The number of fused-ring (bicyclic) bond motifs is 2. The third-order valence-corrected chi connectivity index (χ3v) is 7.75.